The predicted octanol–water partition coefficient (Wildman–Crippen LogP) is 1.64. The molecule has 0 saturated carbocycles. The minimum absolute atomic E-state index is 0. The van der Waals surface area contributed by atoms with Crippen molar-refractivity contribution in [2.45, 2.75) is 39.5 Å². The van der Waals surface area contributed by atoms with Crippen LogP contribution in [0.15, 0.2) is 0 Å². The van der Waals surface area contributed by atoms with Crippen molar-refractivity contribution in [3.8, 4) is 0 Å². The summed E-state index contributed by atoms with van der Waals surface area (Å²) in [5, 5.41) is 8.60. The molecule has 0 aromatic carbocycles. The predicted molar refractivity (Wildman–Crippen MR) is 48.1 cm³/mol. The van der Waals surface area contributed by atoms with Gasteiger partial charge in [-0.25, -0.2) is 0 Å². The summed E-state index contributed by atoms with van der Waals surface area (Å²) in [6.07, 6.45) is 3.71. The number of carbonyl (C=O) groups is 1. The summed E-state index contributed by atoms with van der Waals surface area (Å²) in [5.74, 6) is -0.754. The topological polar surface area (TPSA) is 37.3 Å². The molecule has 0 aromatic heterocycles. The van der Waals surface area contributed by atoms with Crippen LogP contribution in [0.1, 0.15) is 39.5 Å². The summed E-state index contributed by atoms with van der Waals surface area (Å²) >= 11 is 0. The Bertz CT molecular complexity index is 104. The molecule has 0 spiro atoms. The Balaban J connectivity index is 0. The molecule has 0 aliphatic rings. The second-order valence-electron chi connectivity index (χ2n) is 2.59. The molecule has 62 valence electrons. The SMILES string of the molecule is CCCCC(CC)C(=O)O.[NaH]. The molecule has 0 aliphatic carbocycles. The Hall–Kier alpha value is 0.470. The summed E-state index contributed by atoms with van der Waals surface area (Å²) in [5.41, 5.74) is 0. The third-order valence-electron chi connectivity index (χ3n) is 1.75. The zero-order valence-corrected chi connectivity index (χ0v) is 6.76. The van der Waals surface area contributed by atoms with Crippen LogP contribution in [-0.2, 0) is 4.79 Å². The van der Waals surface area contributed by atoms with Gasteiger partial charge in [-0.3, -0.25) is 4.79 Å². The van der Waals surface area contributed by atoms with Crippen LogP contribution in [0.3, 0.4) is 0 Å². The van der Waals surface area contributed by atoms with Crippen molar-refractivity contribution in [3.63, 3.8) is 0 Å². The normalized spacial score (nSPS) is 11.8. The maximum atomic E-state index is 10.4. The van der Waals surface area contributed by atoms with Crippen LogP contribution in [0.25, 0.3) is 0 Å². The Labute approximate surface area is 90.7 Å². The first-order valence-corrected chi connectivity index (χ1v) is 3.95. The number of unbranched alkanes of at least 4 members (excludes halogenated alkanes) is 1. The van der Waals surface area contributed by atoms with E-state index in [2.05, 4.69) is 6.92 Å². The van der Waals surface area contributed by atoms with Crippen molar-refractivity contribution in [3.05, 3.63) is 0 Å². The second kappa shape index (κ2) is 8.57. The fraction of sp³-hybridized carbons (Fsp3) is 0.875. The van der Waals surface area contributed by atoms with E-state index in [0.29, 0.717) is 0 Å². The van der Waals surface area contributed by atoms with Gasteiger partial charge in [0.1, 0.15) is 0 Å². The van der Waals surface area contributed by atoms with Crippen LogP contribution in [-0.4, -0.2) is 40.6 Å². The van der Waals surface area contributed by atoms with Gasteiger partial charge in [-0.1, -0.05) is 26.7 Å². The van der Waals surface area contributed by atoms with E-state index < -0.39 is 5.97 Å². The van der Waals surface area contributed by atoms with Crippen molar-refractivity contribution in [1.82, 2.24) is 0 Å². The second-order valence-corrected chi connectivity index (χ2v) is 2.59. The van der Waals surface area contributed by atoms with E-state index in [1.165, 1.54) is 0 Å². The van der Waals surface area contributed by atoms with Gasteiger partial charge in [0.05, 0.1) is 5.92 Å². The van der Waals surface area contributed by atoms with Crippen LogP contribution >= 0.6 is 0 Å². The van der Waals surface area contributed by atoms with Gasteiger partial charge in [-0.05, 0) is 12.8 Å². The van der Waals surface area contributed by atoms with Crippen molar-refractivity contribution >= 4 is 35.5 Å². The van der Waals surface area contributed by atoms with Crippen molar-refractivity contribution < 1.29 is 9.90 Å². The quantitative estimate of drug-likeness (QED) is 0.633. The summed E-state index contributed by atoms with van der Waals surface area (Å²) in [4.78, 5) is 10.4. The van der Waals surface area contributed by atoms with Crippen molar-refractivity contribution in [2.75, 3.05) is 0 Å². The molecule has 1 N–H and O–H groups in total. The number of carboxylic acid groups (broad SMARTS) is 1. The first kappa shape index (κ1) is 14.0. The van der Waals surface area contributed by atoms with Gasteiger partial charge in [0.2, 0.25) is 0 Å². The monoisotopic (exact) mass is 168 g/mol. The zero-order chi connectivity index (χ0) is 7.98. The average Bonchev–Trinajstić information content (AvgIpc) is 1.89. The van der Waals surface area contributed by atoms with Gasteiger partial charge in [-0.15, -0.1) is 0 Å². The molecular weight excluding hydrogens is 151 g/mol. The van der Waals surface area contributed by atoms with Gasteiger partial charge in [0.15, 0.2) is 0 Å². The van der Waals surface area contributed by atoms with E-state index in [1.807, 2.05) is 6.92 Å². The van der Waals surface area contributed by atoms with Crippen LogP contribution < -0.4 is 0 Å². The molecule has 0 saturated heterocycles. The Kier molecular flexibility index (Phi) is 10.9. The molecule has 11 heavy (non-hydrogen) atoms. The minimum atomic E-state index is -0.643. The van der Waals surface area contributed by atoms with Gasteiger partial charge in [0.25, 0.3) is 0 Å². The number of carboxylic acids is 1. The summed E-state index contributed by atoms with van der Waals surface area (Å²) in [6, 6.07) is 0. The van der Waals surface area contributed by atoms with E-state index in [9.17, 15) is 4.79 Å². The molecule has 3 heteroatoms. The van der Waals surface area contributed by atoms with Gasteiger partial charge in [0, 0.05) is 0 Å². The molecule has 2 nitrogen and oxygen atoms in total. The van der Waals surface area contributed by atoms with E-state index >= 15 is 0 Å². The van der Waals surface area contributed by atoms with E-state index in [4.69, 9.17) is 5.11 Å². The van der Waals surface area contributed by atoms with Gasteiger partial charge >= 0.3 is 35.5 Å². The fourth-order valence-electron chi connectivity index (χ4n) is 0.953. The van der Waals surface area contributed by atoms with Crippen LogP contribution in [0.2, 0.25) is 0 Å². The molecule has 0 aromatic rings. The number of hydrogen-bond donors (Lipinski definition) is 1. The van der Waals surface area contributed by atoms with E-state index in [-0.39, 0.29) is 35.5 Å². The summed E-state index contributed by atoms with van der Waals surface area (Å²) in [7, 11) is 0. The van der Waals surface area contributed by atoms with Crippen molar-refractivity contribution in [1.29, 1.82) is 0 Å². The molecule has 0 radical (unpaired) electrons. The van der Waals surface area contributed by atoms with E-state index in [1.54, 1.807) is 0 Å². The summed E-state index contributed by atoms with van der Waals surface area (Å²) < 4.78 is 0. The van der Waals surface area contributed by atoms with E-state index in [0.717, 1.165) is 25.7 Å². The molecule has 0 rings (SSSR count). The Morgan fingerprint density at radius 1 is 1.45 bits per heavy atom. The molecule has 1 atom stereocenters. The Morgan fingerprint density at radius 2 is 2.00 bits per heavy atom. The zero-order valence-electron chi connectivity index (χ0n) is 6.76. The van der Waals surface area contributed by atoms with Gasteiger partial charge < -0.3 is 5.11 Å². The van der Waals surface area contributed by atoms with Crippen LogP contribution in [0.5, 0.6) is 0 Å². The van der Waals surface area contributed by atoms with Crippen molar-refractivity contribution in [2.24, 2.45) is 5.92 Å². The molecular formula is C8H17NaO2. The third-order valence-corrected chi connectivity index (χ3v) is 1.75. The molecule has 0 amide bonds. The molecule has 1 unspecified atom stereocenters. The number of rotatable bonds is 5. The average molecular weight is 168 g/mol. The standard InChI is InChI=1S/C8H16O2.Na.H/c1-3-5-6-7(4-2)8(9)10;;/h7H,3-6H2,1-2H3,(H,9,10);;. The molecule has 0 heterocycles. The number of aliphatic carboxylic acids is 1. The third kappa shape index (κ3) is 6.85. The van der Waals surface area contributed by atoms with Gasteiger partial charge in [-0.2, -0.15) is 0 Å². The maximum absolute atomic E-state index is 10.4. The number of hydrogen-bond acceptors (Lipinski definition) is 1. The van der Waals surface area contributed by atoms with Crippen LogP contribution in [0, 0.1) is 5.92 Å². The first-order valence-electron chi connectivity index (χ1n) is 3.95. The Morgan fingerprint density at radius 3 is 2.27 bits per heavy atom. The first-order chi connectivity index (χ1) is 4.72. The van der Waals surface area contributed by atoms with Crippen LogP contribution in [0.4, 0.5) is 0 Å². The fourth-order valence-corrected chi connectivity index (χ4v) is 0.953. The molecule has 0 fully saturated rings. The summed E-state index contributed by atoms with van der Waals surface area (Å²) in [6.45, 7) is 4.00. The molecule has 0 aliphatic heterocycles. The molecule has 0 bridgehead atoms.